The maximum Gasteiger partial charge on any atom is 0.327 e. The Labute approximate surface area is 166 Å². The first-order valence-corrected chi connectivity index (χ1v) is 9.29. The molecular weight excluding hydrogens is 352 g/mol. The van der Waals surface area contributed by atoms with E-state index >= 15 is 0 Å². The number of aliphatic carboxylic acids is 1. The summed E-state index contributed by atoms with van der Waals surface area (Å²) in [6.07, 6.45) is 7.49. The molecule has 1 atom stereocenters. The van der Waals surface area contributed by atoms with Crippen molar-refractivity contribution in [3.8, 4) is 23.3 Å². The van der Waals surface area contributed by atoms with Crippen molar-refractivity contribution >= 4 is 5.97 Å². The van der Waals surface area contributed by atoms with Crippen LogP contribution in [0.2, 0.25) is 0 Å². The zero-order valence-electron chi connectivity index (χ0n) is 16.4. The SMILES string of the molecule is C=CN(C=CC)C(CC#CCCCc1nc(-c2ccccc2)oc1C)C(=O)O. The fourth-order valence-electron chi connectivity index (χ4n) is 2.75. The minimum atomic E-state index is -0.918. The molecule has 5 nitrogen and oxygen atoms in total. The zero-order valence-corrected chi connectivity index (χ0v) is 16.4. The van der Waals surface area contributed by atoms with Crippen LogP contribution in [0.5, 0.6) is 0 Å². The summed E-state index contributed by atoms with van der Waals surface area (Å²) < 4.78 is 5.76. The summed E-state index contributed by atoms with van der Waals surface area (Å²) >= 11 is 0. The molecule has 146 valence electrons. The van der Waals surface area contributed by atoms with Gasteiger partial charge in [0.2, 0.25) is 5.89 Å². The molecule has 1 unspecified atom stereocenters. The van der Waals surface area contributed by atoms with E-state index in [2.05, 4.69) is 23.4 Å². The number of hydrogen-bond donors (Lipinski definition) is 1. The van der Waals surface area contributed by atoms with Crippen molar-refractivity contribution in [1.29, 1.82) is 0 Å². The first kappa shape index (κ1) is 21.0. The summed E-state index contributed by atoms with van der Waals surface area (Å²) in [4.78, 5) is 17.6. The van der Waals surface area contributed by atoms with E-state index < -0.39 is 12.0 Å². The third-order valence-electron chi connectivity index (χ3n) is 4.23. The molecule has 0 aliphatic heterocycles. The predicted molar refractivity (Wildman–Crippen MR) is 110 cm³/mol. The summed E-state index contributed by atoms with van der Waals surface area (Å²) in [5, 5.41) is 9.37. The summed E-state index contributed by atoms with van der Waals surface area (Å²) in [5.74, 6) is 6.58. The van der Waals surface area contributed by atoms with Gasteiger partial charge in [-0.1, -0.05) is 30.9 Å². The summed E-state index contributed by atoms with van der Waals surface area (Å²) in [6, 6.07) is 9.09. The normalized spacial score (nSPS) is 11.6. The van der Waals surface area contributed by atoms with Crippen LogP contribution in [0.25, 0.3) is 11.5 Å². The number of hydrogen-bond acceptors (Lipinski definition) is 4. The van der Waals surface area contributed by atoms with Gasteiger partial charge in [-0.15, -0.1) is 11.8 Å². The molecule has 0 fully saturated rings. The number of carbonyl (C=O) groups is 1. The average molecular weight is 378 g/mol. The second-order valence-electron chi connectivity index (χ2n) is 6.27. The predicted octanol–water partition coefficient (Wildman–Crippen LogP) is 4.80. The first-order chi connectivity index (χ1) is 13.6. The van der Waals surface area contributed by atoms with Gasteiger partial charge < -0.3 is 14.4 Å². The molecular formula is C23H26N2O3. The molecule has 0 amide bonds. The Bertz CT molecular complexity index is 872. The quantitative estimate of drug-likeness (QED) is 0.501. The lowest BCUT2D eigenvalue weighted by Crippen LogP contribution is -2.33. The van der Waals surface area contributed by atoms with Crippen molar-refractivity contribution in [2.24, 2.45) is 0 Å². The highest BCUT2D eigenvalue weighted by Crippen LogP contribution is 2.22. The number of aromatic nitrogens is 1. The maximum atomic E-state index is 11.4. The molecule has 5 heteroatoms. The van der Waals surface area contributed by atoms with Crippen molar-refractivity contribution in [2.75, 3.05) is 0 Å². The number of carboxylic acid groups (broad SMARTS) is 1. The van der Waals surface area contributed by atoms with Gasteiger partial charge in [0.05, 0.1) is 5.69 Å². The molecule has 0 saturated carbocycles. The molecule has 2 aromatic rings. The number of aryl methyl sites for hydroxylation is 2. The van der Waals surface area contributed by atoms with E-state index in [1.54, 1.807) is 17.2 Å². The van der Waals surface area contributed by atoms with Gasteiger partial charge in [0, 0.05) is 24.6 Å². The highest BCUT2D eigenvalue weighted by atomic mass is 16.4. The second kappa shape index (κ2) is 10.8. The van der Waals surface area contributed by atoms with Crippen molar-refractivity contribution in [2.45, 2.75) is 45.6 Å². The van der Waals surface area contributed by atoms with E-state index in [0.717, 1.165) is 29.9 Å². The largest absolute Gasteiger partial charge is 0.480 e. The van der Waals surface area contributed by atoms with E-state index in [9.17, 15) is 9.90 Å². The minimum Gasteiger partial charge on any atom is -0.480 e. The Morgan fingerprint density at radius 2 is 2.11 bits per heavy atom. The van der Waals surface area contributed by atoms with Gasteiger partial charge in [0.25, 0.3) is 0 Å². The van der Waals surface area contributed by atoms with Crippen LogP contribution in [0.3, 0.4) is 0 Å². The Morgan fingerprint density at radius 3 is 2.75 bits per heavy atom. The van der Waals surface area contributed by atoms with Gasteiger partial charge >= 0.3 is 5.97 Å². The number of nitrogens with zero attached hydrogens (tertiary/aromatic N) is 2. The van der Waals surface area contributed by atoms with Crippen LogP contribution < -0.4 is 0 Å². The lowest BCUT2D eigenvalue weighted by Gasteiger charge is -2.21. The standard InChI is InChI=1S/C23H26N2O3/c1-4-17-25(5-2)21(23(26)27)16-12-7-6-11-15-20-18(3)28-22(24-20)19-13-9-8-10-14-19/h4-5,8-10,13-14,17,21H,2,6,11,15-16H2,1,3H3,(H,26,27). The maximum absolute atomic E-state index is 11.4. The van der Waals surface area contributed by atoms with E-state index in [4.69, 9.17) is 4.42 Å². The summed E-state index contributed by atoms with van der Waals surface area (Å²) in [6.45, 7) is 7.40. The van der Waals surface area contributed by atoms with Crippen LogP contribution >= 0.6 is 0 Å². The van der Waals surface area contributed by atoms with Gasteiger partial charge in [-0.3, -0.25) is 0 Å². The molecule has 0 aliphatic carbocycles. The Morgan fingerprint density at radius 1 is 1.36 bits per heavy atom. The molecule has 2 rings (SSSR count). The van der Waals surface area contributed by atoms with Crippen molar-refractivity contribution < 1.29 is 14.3 Å². The summed E-state index contributed by atoms with van der Waals surface area (Å²) in [5.41, 5.74) is 1.90. The number of allylic oxidation sites excluding steroid dienone is 1. The fraction of sp³-hybridized carbons (Fsp3) is 0.304. The second-order valence-corrected chi connectivity index (χ2v) is 6.27. The van der Waals surface area contributed by atoms with E-state index in [-0.39, 0.29) is 6.42 Å². The molecule has 1 N–H and O–H groups in total. The number of oxazole rings is 1. The molecule has 1 aromatic heterocycles. The van der Waals surface area contributed by atoms with Gasteiger partial charge in [-0.05, 0) is 45.0 Å². The number of unbranched alkanes of at least 4 members (excludes halogenated alkanes) is 1. The van der Waals surface area contributed by atoms with Crippen molar-refractivity contribution in [3.63, 3.8) is 0 Å². The van der Waals surface area contributed by atoms with Crippen LogP contribution in [-0.2, 0) is 11.2 Å². The van der Waals surface area contributed by atoms with Crippen LogP contribution in [0.4, 0.5) is 0 Å². The monoisotopic (exact) mass is 378 g/mol. The van der Waals surface area contributed by atoms with E-state index in [1.807, 2.05) is 44.2 Å². The molecule has 0 saturated heterocycles. The van der Waals surface area contributed by atoms with Crippen LogP contribution in [0.15, 0.2) is 59.8 Å². The molecule has 0 spiro atoms. The fourth-order valence-corrected chi connectivity index (χ4v) is 2.75. The van der Waals surface area contributed by atoms with Gasteiger partial charge in [0.1, 0.15) is 11.8 Å². The molecule has 1 aromatic carbocycles. The highest BCUT2D eigenvalue weighted by Gasteiger charge is 2.20. The molecule has 0 radical (unpaired) electrons. The van der Waals surface area contributed by atoms with Gasteiger partial charge in [0.15, 0.2) is 0 Å². The number of carboxylic acids is 1. The Hall–Kier alpha value is -3.26. The first-order valence-electron chi connectivity index (χ1n) is 9.29. The molecule has 28 heavy (non-hydrogen) atoms. The topological polar surface area (TPSA) is 66.6 Å². The third-order valence-corrected chi connectivity index (χ3v) is 4.23. The Kier molecular flexibility index (Phi) is 8.11. The summed E-state index contributed by atoms with van der Waals surface area (Å²) in [7, 11) is 0. The molecule has 1 heterocycles. The molecule has 0 bridgehead atoms. The van der Waals surface area contributed by atoms with Crippen LogP contribution in [-0.4, -0.2) is 27.0 Å². The minimum absolute atomic E-state index is 0.243. The van der Waals surface area contributed by atoms with Crippen molar-refractivity contribution in [1.82, 2.24) is 9.88 Å². The third kappa shape index (κ3) is 5.88. The van der Waals surface area contributed by atoms with Gasteiger partial charge in [-0.2, -0.15) is 0 Å². The number of benzene rings is 1. The van der Waals surface area contributed by atoms with E-state index in [1.165, 1.54) is 6.20 Å². The lowest BCUT2D eigenvalue weighted by molar-refractivity contribution is -0.141. The Balaban J connectivity index is 1.87. The highest BCUT2D eigenvalue weighted by molar-refractivity contribution is 5.74. The molecule has 0 aliphatic rings. The zero-order chi connectivity index (χ0) is 20.4. The van der Waals surface area contributed by atoms with Crippen molar-refractivity contribution in [3.05, 3.63) is 66.8 Å². The smallest absolute Gasteiger partial charge is 0.327 e. The van der Waals surface area contributed by atoms with Gasteiger partial charge in [-0.25, -0.2) is 9.78 Å². The van der Waals surface area contributed by atoms with Crippen LogP contribution in [0, 0.1) is 18.8 Å². The average Bonchev–Trinajstić information content (AvgIpc) is 3.07. The number of rotatable bonds is 9. The lowest BCUT2D eigenvalue weighted by atomic mass is 10.1. The van der Waals surface area contributed by atoms with Crippen LogP contribution in [0.1, 0.15) is 37.6 Å². The van der Waals surface area contributed by atoms with E-state index in [0.29, 0.717) is 12.3 Å².